The van der Waals surface area contributed by atoms with Crippen molar-refractivity contribution < 1.29 is 4.79 Å². The molecule has 2 nitrogen and oxygen atoms in total. The van der Waals surface area contributed by atoms with E-state index in [1.54, 1.807) is 0 Å². The van der Waals surface area contributed by atoms with Gasteiger partial charge in [-0.15, -0.1) is 0 Å². The van der Waals surface area contributed by atoms with Gasteiger partial charge in [-0.3, -0.25) is 4.79 Å². The van der Waals surface area contributed by atoms with Gasteiger partial charge in [0, 0.05) is 15.7 Å². The molecule has 110 valence electrons. The number of ketones is 1. The SMILES string of the molecule is CCCc1cccc(C(=O)C(C)Nc2ccc(Br)cc2)c1. The molecule has 1 N–H and O–H groups in total. The second-order valence-electron chi connectivity index (χ2n) is 5.19. The molecule has 0 fully saturated rings. The van der Waals surface area contributed by atoms with Crippen molar-refractivity contribution in [1.82, 2.24) is 0 Å². The fourth-order valence-electron chi connectivity index (χ4n) is 2.28. The van der Waals surface area contributed by atoms with Gasteiger partial charge in [0.2, 0.25) is 0 Å². The van der Waals surface area contributed by atoms with Crippen LogP contribution in [0.1, 0.15) is 36.2 Å². The Morgan fingerprint density at radius 3 is 2.57 bits per heavy atom. The minimum Gasteiger partial charge on any atom is -0.375 e. The van der Waals surface area contributed by atoms with Crippen LogP contribution in [0.2, 0.25) is 0 Å². The topological polar surface area (TPSA) is 29.1 Å². The highest BCUT2D eigenvalue weighted by Crippen LogP contribution is 2.16. The Kier molecular flexibility index (Phi) is 5.57. The molecule has 2 aromatic carbocycles. The van der Waals surface area contributed by atoms with E-state index in [0.29, 0.717) is 0 Å². The van der Waals surface area contributed by atoms with Crippen molar-refractivity contribution in [3.8, 4) is 0 Å². The molecule has 1 atom stereocenters. The van der Waals surface area contributed by atoms with Crippen LogP contribution in [0, 0.1) is 0 Å². The molecular formula is C18H20BrNO. The van der Waals surface area contributed by atoms with Crippen LogP contribution >= 0.6 is 15.9 Å². The molecular weight excluding hydrogens is 326 g/mol. The summed E-state index contributed by atoms with van der Waals surface area (Å²) in [6, 6.07) is 15.5. The van der Waals surface area contributed by atoms with E-state index in [1.807, 2.05) is 49.4 Å². The van der Waals surface area contributed by atoms with Crippen molar-refractivity contribution in [2.45, 2.75) is 32.7 Å². The first-order valence-electron chi connectivity index (χ1n) is 7.25. The lowest BCUT2D eigenvalue weighted by atomic mass is 10.0. The summed E-state index contributed by atoms with van der Waals surface area (Å²) in [5.41, 5.74) is 2.95. The van der Waals surface area contributed by atoms with Crippen molar-refractivity contribution in [3.05, 3.63) is 64.1 Å². The normalized spacial score (nSPS) is 12.0. The van der Waals surface area contributed by atoms with Gasteiger partial charge in [0.05, 0.1) is 6.04 Å². The van der Waals surface area contributed by atoms with Gasteiger partial charge >= 0.3 is 0 Å². The van der Waals surface area contributed by atoms with Gasteiger partial charge in [-0.25, -0.2) is 0 Å². The molecule has 2 rings (SSSR count). The summed E-state index contributed by atoms with van der Waals surface area (Å²) in [6.07, 6.45) is 2.10. The van der Waals surface area contributed by atoms with Crippen molar-refractivity contribution in [3.63, 3.8) is 0 Å². The number of carbonyl (C=O) groups excluding carboxylic acids is 1. The van der Waals surface area contributed by atoms with Crippen LogP contribution in [-0.2, 0) is 6.42 Å². The summed E-state index contributed by atoms with van der Waals surface area (Å²) in [5, 5.41) is 3.25. The minimum absolute atomic E-state index is 0.121. The van der Waals surface area contributed by atoms with Crippen LogP contribution in [0.4, 0.5) is 5.69 Å². The molecule has 0 heterocycles. The molecule has 2 aromatic rings. The number of anilines is 1. The number of halogens is 1. The van der Waals surface area contributed by atoms with Gasteiger partial charge in [0.25, 0.3) is 0 Å². The Hall–Kier alpha value is -1.61. The third-order valence-corrected chi connectivity index (χ3v) is 3.90. The first kappa shape index (κ1) is 15.8. The number of aryl methyl sites for hydroxylation is 1. The smallest absolute Gasteiger partial charge is 0.184 e. The largest absolute Gasteiger partial charge is 0.375 e. The number of rotatable bonds is 6. The Morgan fingerprint density at radius 2 is 1.90 bits per heavy atom. The third-order valence-electron chi connectivity index (χ3n) is 3.37. The summed E-state index contributed by atoms with van der Waals surface area (Å²) in [6.45, 7) is 4.04. The average molecular weight is 346 g/mol. The molecule has 0 bridgehead atoms. The first-order chi connectivity index (χ1) is 10.1. The molecule has 0 aliphatic rings. The summed E-state index contributed by atoms with van der Waals surface area (Å²) in [5.74, 6) is 0.121. The molecule has 0 saturated carbocycles. The van der Waals surface area contributed by atoms with Crippen molar-refractivity contribution in [2.24, 2.45) is 0 Å². The van der Waals surface area contributed by atoms with E-state index in [-0.39, 0.29) is 11.8 Å². The van der Waals surface area contributed by atoms with E-state index in [1.165, 1.54) is 5.56 Å². The number of hydrogen-bond acceptors (Lipinski definition) is 2. The molecule has 0 amide bonds. The summed E-state index contributed by atoms with van der Waals surface area (Å²) in [4.78, 5) is 12.5. The van der Waals surface area contributed by atoms with Crippen molar-refractivity contribution >= 4 is 27.4 Å². The lowest BCUT2D eigenvalue weighted by Gasteiger charge is -2.15. The Balaban J connectivity index is 2.08. The lowest BCUT2D eigenvalue weighted by molar-refractivity contribution is 0.0975. The fraction of sp³-hybridized carbons (Fsp3) is 0.278. The number of carbonyl (C=O) groups is 1. The van der Waals surface area contributed by atoms with Gasteiger partial charge in [0.1, 0.15) is 0 Å². The number of nitrogens with one attached hydrogen (secondary N) is 1. The van der Waals surface area contributed by atoms with Crippen molar-refractivity contribution in [1.29, 1.82) is 0 Å². The van der Waals surface area contributed by atoms with Gasteiger partial charge in [-0.05, 0) is 49.2 Å². The monoisotopic (exact) mass is 345 g/mol. The van der Waals surface area contributed by atoms with Crippen LogP contribution in [0.5, 0.6) is 0 Å². The van der Waals surface area contributed by atoms with Crippen LogP contribution in [0.3, 0.4) is 0 Å². The number of hydrogen-bond donors (Lipinski definition) is 1. The highest BCUT2D eigenvalue weighted by atomic mass is 79.9. The molecule has 0 aliphatic heterocycles. The predicted molar refractivity (Wildman–Crippen MR) is 92.0 cm³/mol. The molecule has 0 spiro atoms. The van der Waals surface area contributed by atoms with Gasteiger partial charge in [0.15, 0.2) is 5.78 Å². The quantitative estimate of drug-likeness (QED) is 0.739. The summed E-state index contributed by atoms with van der Waals surface area (Å²) < 4.78 is 1.03. The second-order valence-corrected chi connectivity index (χ2v) is 6.10. The zero-order chi connectivity index (χ0) is 15.2. The molecule has 21 heavy (non-hydrogen) atoms. The molecule has 3 heteroatoms. The standard InChI is InChI=1S/C18H20BrNO/c1-3-5-14-6-4-7-15(12-14)18(21)13(2)20-17-10-8-16(19)9-11-17/h4,6-13,20H,3,5H2,1-2H3. The van der Waals surface area contributed by atoms with Crippen LogP contribution < -0.4 is 5.32 Å². The van der Waals surface area contributed by atoms with Gasteiger partial charge in [-0.1, -0.05) is 47.5 Å². The summed E-state index contributed by atoms with van der Waals surface area (Å²) in [7, 11) is 0. The maximum absolute atomic E-state index is 12.5. The highest BCUT2D eigenvalue weighted by molar-refractivity contribution is 9.10. The second kappa shape index (κ2) is 7.41. The molecule has 0 aromatic heterocycles. The van der Waals surface area contributed by atoms with Gasteiger partial charge < -0.3 is 5.32 Å². The number of benzene rings is 2. The van der Waals surface area contributed by atoms with E-state index in [0.717, 1.165) is 28.6 Å². The fourth-order valence-corrected chi connectivity index (χ4v) is 2.54. The lowest BCUT2D eigenvalue weighted by Crippen LogP contribution is -2.26. The van der Waals surface area contributed by atoms with Crippen LogP contribution in [0.25, 0.3) is 0 Å². The molecule has 1 unspecified atom stereocenters. The van der Waals surface area contributed by atoms with E-state index in [4.69, 9.17) is 0 Å². The first-order valence-corrected chi connectivity index (χ1v) is 8.04. The van der Waals surface area contributed by atoms with Crippen LogP contribution in [0.15, 0.2) is 53.0 Å². The Morgan fingerprint density at radius 1 is 1.19 bits per heavy atom. The van der Waals surface area contributed by atoms with E-state index < -0.39 is 0 Å². The molecule has 0 saturated heterocycles. The average Bonchev–Trinajstić information content (AvgIpc) is 2.49. The Labute approximate surface area is 134 Å². The zero-order valence-electron chi connectivity index (χ0n) is 12.4. The molecule has 0 radical (unpaired) electrons. The van der Waals surface area contributed by atoms with E-state index in [9.17, 15) is 4.79 Å². The Bertz CT molecular complexity index is 607. The zero-order valence-corrected chi connectivity index (χ0v) is 14.0. The van der Waals surface area contributed by atoms with E-state index >= 15 is 0 Å². The third kappa shape index (κ3) is 4.43. The molecule has 0 aliphatic carbocycles. The minimum atomic E-state index is -0.247. The van der Waals surface area contributed by atoms with Gasteiger partial charge in [-0.2, -0.15) is 0 Å². The highest BCUT2D eigenvalue weighted by Gasteiger charge is 2.15. The van der Waals surface area contributed by atoms with Crippen LogP contribution in [-0.4, -0.2) is 11.8 Å². The summed E-state index contributed by atoms with van der Waals surface area (Å²) >= 11 is 3.41. The van der Waals surface area contributed by atoms with Crippen molar-refractivity contribution in [2.75, 3.05) is 5.32 Å². The maximum Gasteiger partial charge on any atom is 0.184 e. The number of Topliss-reactive ketones (excluding diaryl/α,β-unsaturated/α-hetero) is 1. The van der Waals surface area contributed by atoms with E-state index in [2.05, 4.69) is 34.2 Å². The maximum atomic E-state index is 12.5. The predicted octanol–water partition coefficient (Wildman–Crippen LogP) is 5.08.